The minimum Gasteiger partial charge on any atom is -0.341 e. The molecule has 0 spiro atoms. The molecule has 1 aromatic carbocycles. The topological polar surface area (TPSA) is 37.3 Å². The van der Waals surface area contributed by atoms with Crippen LogP contribution in [0.25, 0.3) is 0 Å². The van der Waals surface area contributed by atoms with Gasteiger partial charge in [0.05, 0.1) is 0 Å². The van der Waals surface area contributed by atoms with Crippen molar-refractivity contribution in [1.29, 1.82) is 0 Å². The first kappa shape index (κ1) is 10.5. The average Bonchev–Trinajstić information content (AvgIpc) is 2.04. The third-order valence-corrected chi connectivity index (χ3v) is 4.83. The molecule has 0 fully saturated rings. The zero-order chi connectivity index (χ0) is 10.1. The molecular formula is C10H15O2P. The van der Waals surface area contributed by atoms with Gasteiger partial charge in [0.2, 0.25) is 7.37 Å². The molecule has 72 valence electrons. The van der Waals surface area contributed by atoms with Crippen LogP contribution in [0.3, 0.4) is 0 Å². The fourth-order valence-electron chi connectivity index (χ4n) is 1.02. The highest BCUT2D eigenvalue weighted by Crippen LogP contribution is 2.52. The van der Waals surface area contributed by atoms with Crippen molar-refractivity contribution in [2.75, 3.05) is 0 Å². The lowest BCUT2D eigenvalue weighted by molar-refractivity contribution is 0.458. The van der Waals surface area contributed by atoms with E-state index < -0.39 is 12.5 Å². The van der Waals surface area contributed by atoms with Crippen molar-refractivity contribution in [1.82, 2.24) is 0 Å². The lowest BCUT2D eigenvalue weighted by Crippen LogP contribution is -2.22. The van der Waals surface area contributed by atoms with Crippen LogP contribution in [0.15, 0.2) is 30.3 Å². The summed E-state index contributed by atoms with van der Waals surface area (Å²) in [4.78, 5) is 9.88. The predicted molar refractivity (Wildman–Crippen MR) is 55.7 cm³/mol. The molecule has 1 unspecified atom stereocenters. The van der Waals surface area contributed by atoms with Crippen molar-refractivity contribution in [3.8, 4) is 0 Å². The Balaban J connectivity index is 3.17. The van der Waals surface area contributed by atoms with E-state index in [2.05, 4.69) is 0 Å². The van der Waals surface area contributed by atoms with Crippen LogP contribution in [-0.2, 0) is 4.57 Å². The van der Waals surface area contributed by atoms with Crippen molar-refractivity contribution >= 4 is 12.7 Å². The minimum atomic E-state index is -3.23. The van der Waals surface area contributed by atoms with Gasteiger partial charge in [-0.2, -0.15) is 0 Å². The molecule has 0 aliphatic heterocycles. The Labute approximate surface area is 79.1 Å². The highest BCUT2D eigenvalue weighted by molar-refractivity contribution is 7.67. The Hall–Kier alpha value is -0.590. The standard InChI is InChI=1S/C10H15O2P/c1-10(2,3)13(11,12)9-7-5-4-6-8-9/h4-8H,1-3H3,(H,11,12). The second-order valence-electron chi connectivity index (χ2n) is 4.08. The van der Waals surface area contributed by atoms with Crippen LogP contribution in [0, 0.1) is 0 Å². The van der Waals surface area contributed by atoms with Gasteiger partial charge in [-0.1, -0.05) is 39.0 Å². The van der Waals surface area contributed by atoms with Crippen LogP contribution >= 0.6 is 7.37 Å². The summed E-state index contributed by atoms with van der Waals surface area (Å²) in [6.45, 7) is 5.34. The molecule has 13 heavy (non-hydrogen) atoms. The van der Waals surface area contributed by atoms with Crippen molar-refractivity contribution in [2.45, 2.75) is 25.9 Å². The van der Waals surface area contributed by atoms with E-state index in [1.807, 2.05) is 6.07 Å². The van der Waals surface area contributed by atoms with E-state index in [1.165, 1.54) is 0 Å². The van der Waals surface area contributed by atoms with Crippen LogP contribution in [0.5, 0.6) is 0 Å². The Morgan fingerprint density at radius 3 is 2.00 bits per heavy atom. The summed E-state index contributed by atoms with van der Waals surface area (Å²) in [5.41, 5.74) is 0. The fourth-order valence-corrected chi connectivity index (χ4v) is 2.37. The lowest BCUT2D eigenvalue weighted by Gasteiger charge is -2.25. The third kappa shape index (κ3) is 2.01. The van der Waals surface area contributed by atoms with E-state index in [0.717, 1.165) is 0 Å². The quantitative estimate of drug-likeness (QED) is 0.703. The van der Waals surface area contributed by atoms with E-state index in [1.54, 1.807) is 45.0 Å². The zero-order valence-corrected chi connectivity index (χ0v) is 9.08. The Morgan fingerprint density at radius 2 is 1.62 bits per heavy atom. The molecule has 0 bridgehead atoms. The Kier molecular flexibility index (Phi) is 2.65. The second-order valence-corrected chi connectivity index (χ2v) is 7.09. The van der Waals surface area contributed by atoms with Crippen molar-refractivity contribution in [3.05, 3.63) is 30.3 Å². The molecule has 2 nitrogen and oxygen atoms in total. The molecule has 0 saturated heterocycles. The van der Waals surface area contributed by atoms with Gasteiger partial charge in [-0.25, -0.2) is 0 Å². The van der Waals surface area contributed by atoms with E-state index >= 15 is 0 Å². The number of hydrogen-bond acceptors (Lipinski definition) is 1. The van der Waals surface area contributed by atoms with E-state index in [9.17, 15) is 9.46 Å². The molecule has 0 amide bonds. The highest BCUT2D eigenvalue weighted by atomic mass is 31.2. The normalized spacial score (nSPS) is 16.6. The van der Waals surface area contributed by atoms with Crippen molar-refractivity contribution in [3.63, 3.8) is 0 Å². The summed E-state index contributed by atoms with van der Waals surface area (Å²) in [6.07, 6.45) is 0. The van der Waals surface area contributed by atoms with Crippen LogP contribution in [-0.4, -0.2) is 10.0 Å². The highest BCUT2D eigenvalue weighted by Gasteiger charge is 2.35. The first-order chi connectivity index (χ1) is 5.86. The molecule has 1 atom stereocenters. The van der Waals surface area contributed by atoms with Gasteiger partial charge < -0.3 is 4.89 Å². The Bertz CT molecular complexity index is 325. The maximum Gasteiger partial charge on any atom is 0.234 e. The van der Waals surface area contributed by atoms with Gasteiger partial charge in [-0.15, -0.1) is 0 Å². The van der Waals surface area contributed by atoms with Crippen LogP contribution in [0.4, 0.5) is 0 Å². The number of hydrogen-bond donors (Lipinski definition) is 1. The van der Waals surface area contributed by atoms with Gasteiger partial charge in [0.1, 0.15) is 0 Å². The summed E-state index contributed by atoms with van der Waals surface area (Å²) in [7, 11) is -3.23. The molecule has 0 radical (unpaired) electrons. The summed E-state index contributed by atoms with van der Waals surface area (Å²) < 4.78 is 12.0. The summed E-state index contributed by atoms with van der Waals surface area (Å²) in [5.74, 6) is 0. The molecule has 0 saturated carbocycles. The van der Waals surface area contributed by atoms with E-state index in [4.69, 9.17) is 0 Å². The largest absolute Gasteiger partial charge is 0.341 e. The molecule has 1 aromatic rings. The SMILES string of the molecule is CC(C)(C)P(=O)(O)c1ccccc1. The predicted octanol–water partition coefficient (Wildman–Crippen LogP) is 2.38. The minimum absolute atomic E-state index is 0.530. The Morgan fingerprint density at radius 1 is 1.15 bits per heavy atom. The first-order valence-electron chi connectivity index (χ1n) is 4.24. The van der Waals surface area contributed by atoms with Crippen LogP contribution < -0.4 is 5.30 Å². The third-order valence-electron chi connectivity index (χ3n) is 2.02. The number of benzene rings is 1. The first-order valence-corrected chi connectivity index (χ1v) is 5.90. The average molecular weight is 198 g/mol. The maximum absolute atomic E-state index is 12.0. The van der Waals surface area contributed by atoms with Gasteiger partial charge in [-0.3, -0.25) is 4.57 Å². The monoisotopic (exact) mass is 198 g/mol. The van der Waals surface area contributed by atoms with Crippen molar-refractivity contribution in [2.24, 2.45) is 0 Å². The van der Waals surface area contributed by atoms with E-state index in [0.29, 0.717) is 5.30 Å². The molecule has 0 aliphatic rings. The van der Waals surface area contributed by atoms with Gasteiger partial charge in [0.25, 0.3) is 0 Å². The molecule has 3 heteroatoms. The zero-order valence-electron chi connectivity index (χ0n) is 8.19. The molecular weight excluding hydrogens is 183 g/mol. The lowest BCUT2D eigenvalue weighted by atomic mass is 10.3. The van der Waals surface area contributed by atoms with Crippen molar-refractivity contribution < 1.29 is 9.46 Å². The van der Waals surface area contributed by atoms with Gasteiger partial charge >= 0.3 is 0 Å². The summed E-state index contributed by atoms with van der Waals surface area (Å²) in [5, 5.41) is -0.0588. The molecule has 0 heterocycles. The van der Waals surface area contributed by atoms with E-state index in [-0.39, 0.29) is 0 Å². The maximum atomic E-state index is 12.0. The molecule has 0 aromatic heterocycles. The van der Waals surface area contributed by atoms with Crippen LogP contribution in [0.1, 0.15) is 20.8 Å². The van der Waals surface area contributed by atoms with Gasteiger partial charge in [0, 0.05) is 10.5 Å². The second kappa shape index (κ2) is 3.28. The molecule has 0 aliphatic carbocycles. The van der Waals surface area contributed by atoms with Gasteiger partial charge in [0.15, 0.2) is 0 Å². The van der Waals surface area contributed by atoms with Crippen LogP contribution in [0.2, 0.25) is 0 Å². The summed E-state index contributed by atoms with van der Waals surface area (Å²) in [6, 6.07) is 8.80. The van der Waals surface area contributed by atoms with Gasteiger partial charge in [-0.05, 0) is 12.1 Å². The molecule has 1 N–H and O–H groups in total. The number of rotatable bonds is 1. The summed E-state index contributed by atoms with van der Waals surface area (Å²) >= 11 is 0. The fraction of sp³-hybridized carbons (Fsp3) is 0.400. The smallest absolute Gasteiger partial charge is 0.234 e. The molecule has 1 rings (SSSR count).